The summed E-state index contributed by atoms with van der Waals surface area (Å²) in [5.41, 5.74) is 0.889. The summed E-state index contributed by atoms with van der Waals surface area (Å²) in [6, 6.07) is 10.9. The third kappa shape index (κ3) is 2.99. The fraction of sp³-hybridized carbons (Fsp3) is 0.211. The van der Waals surface area contributed by atoms with Crippen LogP contribution in [0, 0.1) is 0 Å². The number of carbonyl (C=O) groups is 1. The Kier molecular flexibility index (Phi) is 4.04. The number of hydrogen-bond donors (Lipinski definition) is 1. The van der Waals surface area contributed by atoms with E-state index < -0.39 is 0 Å². The van der Waals surface area contributed by atoms with Crippen molar-refractivity contribution in [3.05, 3.63) is 65.1 Å². The van der Waals surface area contributed by atoms with E-state index in [1.807, 2.05) is 31.2 Å². The molecule has 0 saturated carbocycles. The van der Waals surface area contributed by atoms with Gasteiger partial charge in [-0.05, 0) is 31.2 Å². The number of carbonyl (C=O) groups excluding carboxylic acids is 1. The summed E-state index contributed by atoms with van der Waals surface area (Å²) in [7, 11) is 0. The zero-order valence-electron chi connectivity index (χ0n) is 14.1. The van der Waals surface area contributed by atoms with Crippen molar-refractivity contribution >= 4 is 28.0 Å². The summed E-state index contributed by atoms with van der Waals surface area (Å²) in [5, 5.41) is 3.63. The summed E-state index contributed by atoms with van der Waals surface area (Å²) in [4.78, 5) is 29.2. The molecule has 0 aliphatic carbocycles. The number of benzene rings is 1. The topological polar surface area (TPSA) is 90.3 Å². The lowest BCUT2D eigenvalue weighted by molar-refractivity contribution is -0.122. The Morgan fingerprint density at radius 3 is 2.92 bits per heavy atom. The van der Waals surface area contributed by atoms with E-state index in [2.05, 4.69) is 10.3 Å². The molecule has 0 spiro atoms. The summed E-state index contributed by atoms with van der Waals surface area (Å²) in [6.07, 6.45) is 3.55. The van der Waals surface area contributed by atoms with Crippen molar-refractivity contribution in [1.29, 1.82) is 0 Å². The maximum absolute atomic E-state index is 12.6. The van der Waals surface area contributed by atoms with Gasteiger partial charge in [0.1, 0.15) is 23.4 Å². The molecule has 0 bridgehead atoms. The highest BCUT2D eigenvalue weighted by atomic mass is 16.3. The lowest BCUT2D eigenvalue weighted by Gasteiger charge is -2.13. The number of fused-ring (bicyclic) bond motifs is 3. The summed E-state index contributed by atoms with van der Waals surface area (Å²) < 4.78 is 12.1. The van der Waals surface area contributed by atoms with E-state index in [4.69, 9.17) is 8.83 Å². The predicted octanol–water partition coefficient (Wildman–Crippen LogP) is 2.48. The van der Waals surface area contributed by atoms with Crippen LogP contribution in [-0.2, 0) is 17.8 Å². The molecule has 0 saturated heterocycles. The van der Waals surface area contributed by atoms with Gasteiger partial charge in [-0.15, -0.1) is 0 Å². The second kappa shape index (κ2) is 6.51. The molecule has 3 heterocycles. The van der Waals surface area contributed by atoms with Crippen molar-refractivity contribution in [3.63, 3.8) is 0 Å². The minimum Gasteiger partial charge on any atom is -0.469 e. The van der Waals surface area contributed by atoms with Crippen molar-refractivity contribution in [2.75, 3.05) is 0 Å². The molecule has 0 fully saturated rings. The molecule has 7 heteroatoms. The number of rotatable bonds is 5. The first-order valence-electron chi connectivity index (χ1n) is 8.30. The summed E-state index contributed by atoms with van der Waals surface area (Å²) >= 11 is 0. The van der Waals surface area contributed by atoms with Crippen molar-refractivity contribution in [2.45, 2.75) is 25.9 Å². The first-order valence-corrected chi connectivity index (χ1v) is 8.30. The Hall–Kier alpha value is -3.35. The van der Waals surface area contributed by atoms with Crippen LogP contribution in [0.4, 0.5) is 0 Å². The third-order valence-electron chi connectivity index (χ3n) is 4.16. The maximum atomic E-state index is 12.6. The summed E-state index contributed by atoms with van der Waals surface area (Å²) in [5.74, 6) is 0.517. The molecule has 4 rings (SSSR count). The zero-order valence-corrected chi connectivity index (χ0v) is 14.1. The molecule has 0 aliphatic heterocycles. The fourth-order valence-electron chi connectivity index (χ4n) is 2.98. The highest BCUT2D eigenvalue weighted by molar-refractivity contribution is 6.01. The molecule has 7 nitrogen and oxygen atoms in total. The molecule has 132 valence electrons. The Morgan fingerprint density at radius 1 is 1.27 bits per heavy atom. The van der Waals surface area contributed by atoms with Crippen LogP contribution >= 0.6 is 0 Å². The molecular weight excluding hydrogens is 334 g/mol. The van der Waals surface area contributed by atoms with E-state index in [0.29, 0.717) is 17.5 Å². The van der Waals surface area contributed by atoms with E-state index in [1.54, 1.807) is 18.4 Å². The average Bonchev–Trinajstić information content (AvgIpc) is 3.25. The van der Waals surface area contributed by atoms with Gasteiger partial charge in [-0.1, -0.05) is 12.1 Å². The fourth-order valence-corrected chi connectivity index (χ4v) is 2.98. The normalized spacial score (nSPS) is 12.5. The van der Waals surface area contributed by atoms with Crippen molar-refractivity contribution in [2.24, 2.45) is 0 Å². The van der Waals surface area contributed by atoms with Gasteiger partial charge in [-0.25, -0.2) is 4.98 Å². The largest absolute Gasteiger partial charge is 0.469 e. The number of aromatic nitrogens is 2. The maximum Gasteiger partial charge on any atom is 0.297 e. The second-order valence-corrected chi connectivity index (χ2v) is 6.21. The number of nitrogens with one attached hydrogen (secondary N) is 1. The molecule has 1 unspecified atom stereocenters. The van der Waals surface area contributed by atoms with E-state index in [0.717, 1.165) is 11.1 Å². The smallest absolute Gasteiger partial charge is 0.297 e. The van der Waals surface area contributed by atoms with Gasteiger partial charge < -0.3 is 14.2 Å². The molecule has 0 radical (unpaired) electrons. The van der Waals surface area contributed by atoms with Crippen LogP contribution in [0.15, 0.2) is 62.6 Å². The van der Waals surface area contributed by atoms with E-state index in [9.17, 15) is 9.59 Å². The first-order chi connectivity index (χ1) is 12.6. The predicted molar refractivity (Wildman–Crippen MR) is 95.8 cm³/mol. The quantitative estimate of drug-likeness (QED) is 0.596. The van der Waals surface area contributed by atoms with Crippen LogP contribution in [0.3, 0.4) is 0 Å². The van der Waals surface area contributed by atoms with Gasteiger partial charge in [0.15, 0.2) is 0 Å². The SMILES string of the molecule is CC(Cc1ccco1)NC(=O)Cn1cnc2c(oc3ccccc32)c1=O. The zero-order chi connectivity index (χ0) is 18.1. The number of amides is 1. The van der Waals surface area contributed by atoms with Gasteiger partial charge in [-0.2, -0.15) is 0 Å². The molecular formula is C19H17N3O4. The van der Waals surface area contributed by atoms with E-state index >= 15 is 0 Å². The minimum atomic E-state index is -0.375. The van der Waals surface area contributed by atoms with Crippen LogP contribution in [0.5, 0.6) is 0 Å². The Bertz CT molecular complexity index is 1120. The van der Waals surface area contributed by atoms with Crippen molar-refractivity contribution in [3.8, 4) is 0 Å². The van der Waals surface area contributed by atoms with Crippen LogP contribution in [0.1, 0.15) is 12.7 Å². The van der Waals surface area contributed by atoms with Gasteiger partial charge in [-0.3, -0.25) is 14.2 Å². The molecule has 1 aromatic carbocycles. The van der Waals surface area contributed by atoms with Gasteiger partial charge in [0, 0.05) is 17.8 Å². The molecule has 26 heavy (non-hydrogen) atoms. The Balaban J connectivity index is 1.53. The van der Waals surface area contributed by atoms with Gasteiger partial charge in [0.05, 0.1) is 12.6 Å². The molecule has 4 aromatic rings. The number of hydrogen-bond acceptors (Lipinski definition) is 5. The highest BCUT2D eigenvalue weighted by Crippen LogP contribution is 2.23. The standard InChI is InChI=1S/C19H17N3O4/c1-12(9-13-5-4-8-25-13)21-16(23)10-22-11-20-17-14-6-2-3-7-15(14)26-18(17)19(22)24/h2-8,11-12H,9-10H2,1H3,(H,21,23). The van der Waals surface area contributed by atoms with Crippen LogP contribution in [0.2, 0.25) is 0 Å². The second-order valence-electron chi connectivity index (χ2n) is 6.21. The van der Waals surface area contributed by atoms with E-state index in [1.165, 1.54) is 10.9 Å². The van der Waals surface area contributed by atoms with Gasteiger partial charge in [0.2, 0.25) is 11.5 Å². The molecule has 3 aromatic heterocycles. The van der Waals surface area contributed by atoms with Crippen molar-refractivity contribution < 1.29 is 13.6 Å². The highest BCUT2D eigenvalue weighted by Gasteiger charge is 2.15. The van der Waals surface area contributed by atoms with Crippen molar-refractivity contribution in [1.82, 2.24) is 14.9 Å². The third-order valence-corrected chi connectivity index (χ3v) is 4.16. The number of para-hydroxylation sites is 1. The molecule has 1 atom stereocenters. The monoisotopic (exact) mass is 351 g/mol. The van der Waals surface area contributed by atoms with Crippen LogP contribution in [-0.4, -0.2) is 21.5 Å². The Morgan fingerprint density at radius 2 is 2.12 bits per heavy atom. The van der Waals surface area contributed by atoms with Gasteiger partial charge in [0.25, 0.3) is 5.56 Å². The molecule has 1 N–H and O–H groups in total. The average molecular weight is 351 g/mol. The number of nitrogens with zero attached hydrogens (tertiary/aromatic N) is 2. The lowest BCUT2D eigenvalue weighted by atomic mass is 10.2. The Labute approximate surface area is 148 Å². The van der Waals surface area contributed by atoms with E-state index in [-0.39, 0.29) is 29.6 Å². The van der Waals surface area contributed by atoms with Crippen LogP contribution < -0.4 is 10.9 Å². The minimum absolute atomic E-state index is 0.118. The summed E-state index contributed by atoms with van der Waals surface area (Å²) in [6.45, 7) is 1.76. The first kappa shape index (κ1) is 16.1. The van der Waals surface area contributed by atoms with Crippen LogP contribution in [0.25, 0.3) is 22.1 Å². The number of furan rings is 2. The molecule has 1 amide bonds. The van der Waals surface area contributed by atoms with Gasteiger partial charge >= 0.3 is 0 Å². The molecule has 0 aliphatic rings. The lowest BCUT2D eigenvalue weighted by Crippen LogP contribution is -2.38.